The van der Waals surface area contributed by atoms with E-state index in [2.05, 4.69) is 67.7 Å². The van der Waals surface area contributed by atoms with Crippen molar-refractivity contribution >= 4 is 0 Å². The lowest BCUT2D eigenvalue weighted by atomic mass is 10.1. The van der Waals surface area contributed by atoms with Crippen LogP contribution >= 0.6 is 0 Å². The molecule has 0 amide bonds. The summed E-state index contributed by atoms with van der Waals surface area (Å²) in [6, 6.07) is 4.52. The van der Waals surface area contributed by atoms with Crippen LogP contribution in [0, 0.1) is 20.8 Å². The average molecular weight is 365 g/mol. The van der Waals surface area contributed by atoms with Crippen molar-refractivity contribution < 1.29 is 21.5 Å². The van der Waals surface area contributed by atoms with Gasteiger partial charge in [-0.2, -0.15) is 0 Å². The van der Waals surface area contributed by atoms with E-state index < -0.39 is 0 Å². The van der Waals surface area contributed by atoms with Gasteiger partial charge in [0.05, 0.1) is 6.54 Å². The van der Waals surface area contributed by atoms with Crippen LogP contribution in [-0.4, -0.2) is 4.57 Å². The number of aromatic nitrogens is 2. The fourth-order valence-corrected chi connectivity index (χ4v) is 3.14. The molecule has 22 heavy (non-hydrogen) atoms. The summed E-state index contributed by atoms with van der Waals surface area (Å²) in [5.41, 5.74) is 5.35. The number of rotatable bonds is 7. The fraction of sp³-hybridized carbons (Fsp3) is 0.526. The number of hydrogen-bond donors (Lipinski definition) is 0. The second-order valence-electron chi connectivity index (χ2n) is 6.22. The van der Waals surface area contributed by atoms with Gasteiger partial charge in [-0.1, -0.05) is 43.9 Å². The number of benzene rings is 1. The molecule has 0 radical (unpaired) electrons. The van der Waals surface area contributed by atoms with Gasteiger partial charge in [-0.15, -0.1) is 0 Å². The van der Waals surface area contributed by atoms with Crippen molar-refractivity contribution in [1.29, 1.82) is 0 Å². The first-order valence-electron chi connectivity index (χ1n) is 8.27. The molecule has 0 bridgehead atoms. The van der Waals surface area contributed by atoms with Crippen molar-refractivity contribution in [1.82, 2.24) is 4.57 Å². The number of imidazole rings is 1. The SMILES string of the molecule is CCCCCCC[n+]1ccn(-c2c(C)cc(C)cc2C)c1.[Br-]. The molecule has 0 aliphatic rings. The first-order valence-corrected chi connectivity index (χ1v) is 8.27. The van der Waals surface area contributed by atoms with Crippen molar-refractivity contribution in [3.63, 3.8) is 0 Å². The molecule has 1 aromatic carbocycles. The fourth-order valence-electron chi connectivity index (χ4n) is 3.14. The largest absolute Gasteiger partial charge is 1.00 e. The zero-order chi connectivity index (χ0) is 15.2. The lowest BCUT2D eigenvalue weighted by Gasteiger charge is -2.07. The monoisotopic (exact) mass is 364 g/mol. The van der Waals surface area contributed by atoms with Crippen molar-refractivity contribution in [3.8, 4) is 5.69 Å². The van der Waals surface area contributed by atoms with Crippen molar-refractivity contribution in [2.24, 2.45) is 0 Å². The van der Waals surface area contributed by atoms with Gasteiger partial charge in [-0.25, -0.2) is 9.13 Å². The molecule has 1 heterocycles. The minimum atomic E-state index is 0. The second kappa shape index (κ2) is 9.14. The normalized spacial score (nSPS) is 10.5. The molecule has 122 valence electrons. The Balaban J connectivity index is 0.00000242. The molecular formula is C19H29BrN2. The van der Waals surface area contributed by atoms with Crippen LogP contribution in [0.3, 0.4) is 0 Å². The van der Waals surface area contributed by atoms with Gasteiger partial charge in [-0.3, -0.25) is 0 Å². The van der Waals surface area contributed by atoms with Crippen molar-refractivity contribution in [3.05, 3.63) is 47.5 Å². The van der Waals surface area contributed by atoms with E-state index in [1.165, 1.54) is 54.5 Å². The van der Waals surface area contributed by atoms with E-state index in [-0.39, 0.29) is 17.0 Å². The van der Waals surface area contributed by atoms with E-state index in [0.29, 0.717) is 0 Å². The highest BCUT2D eigenvalue weighted by molar-refractivity contribution is 5.48. The van der Waals surface area contributed by atoms with Crippen molar-refractivity contribution in [2.45, 2.75) is 66.3 Å². The van der Waals surface area contributed by atoms with Gasteiger partial charge in [0.15, 0.2) is 0 Å². The molecule has 0 atom stereocenters. The van der Waals surface area contributed by atoms with Gasteiger partial charge in [-0.05, 0) is 44.7 Å². The molecular weight excluding hydrogens is 336 g/mol. The van der Waals surface area contributed by atoms with E-state index in [1.807, 2.05) is 0 Å². The van der Waals surface area contributed by atoms with Gasteiger partial charge in [0.2, 0.25) is 6.33 Å². The van der Waals surface area contributed by atoms with Crippen LogP contribution in [0.1, 0.15) is 55.7 Å². The Bertz CT molecular complexity index is 564. The molecule has 1 aromatic heterocycles. The number of aryl methyl sites for hydroxylation is 4. The molecule has 0 saturated carbocycles. The van der Waals surface area contributed by atoms with E-state index in [0.717, 1.165) is 6.54 Å². The van der Waals surface area contributed by atoms with Crippen LogP contribution in [0.5, 0.6) is 0 Å². The van der Waals surface area contributed by atoms with Crippen LogP contribution in [0.4, 0.5) is 0 Å². The molecule has 0 spiro atoms. The summed E-state index contributed by atoms with van der Waals surface area (Å²) in [4.78, 5) is 0. The summed E-state index contributed by atoms with van der Waals surface area (Å²) in [5.74, 6) is 0. The third-order valence-corrected chi connectivity index (χ3v) is 4.10. The molecule has 2 aromatic rings. The third-order valence-electron chi connectivity index (χ3n) is 4.10. The molecule has 0 saturated heterocycles. The maximum Gasteiger partial charge on any atom is 0.248 e. The summed E-state index contributed by atoms with van der Waals surface area (Å²) >= 11 is 0. The van der Waals surface area contributed by atoms with Crippen LogP contribution in [-0.2, 0) is 6.54 Å². The Kier molecular flexibility index (Phi) is 7.88. The Labute approximate surface area is 145 Å². The van der Waals surface area contributed by atoms with Crippen molar-refractivity contribution in [2.75, 3.05) is 0 Å². The number of halogens is 1. The first kappa shape index (κ1) is 19.0. The summed E-state index contributed by atoms with van der Waals surface area (Å²) in [7, 11) is 0. The zero-order valence-electron chi connectivity index (χ0n) is 14.4. The van der Waals surface area contributed by atoms with Gasteiger partial charge >= 0.3 is 0 Å². The lowest BCUT2D eigenvalue weighted by Crippen LogP contribution is -3.00. The smallest absolute Gasteiger partial charge is 0.248 e. The van der Waals surface area contributed by atoms with Gasteiger partial charge < -0.3 is 17.0 Å². The minimum Gasteiger partial charge on any atom is -1.00 e. The predicted molar refractivity (Wildman–Crippen MR) is 88.9 cm³/mol. The molecule has 3 heteroatoms. The van der Waals surface area contributed by atoms with Gasteiger partial charge in [0.25, 0.3) is 0 Å². The number of nitrogens with zero attached hydrogens (tertiary/aromatic N) is 2. The molecule has 0 N–H and O–H groups in total. The Morgan fingerprint density at radius 3 is 2.23 bits per heavy atom. The minimum absolute atomic E-state index is 0. The highest BCUT2D eigenvalue weighted by Gasteiger charge is 2.12. The van der Waals surface area contributed by atoms with Crippen LogP contribution in [0.2, 0.25) is 0 Å². The summed E-state index contributed by atoms with van der Waals surface area (Å²) in [6.45, 7) is 9.95. The van der Waals surface area contributed by atoms with Crippen LogP contribution < -0.4 is 21.5 Å². The standard InChI is InChI=1S/C19H29N2.BrH/c1-5-6-7-8-9-10-20-11-12-21(15-20)19-17(3)13-16(2)14-18(19)4;/h11-15H,5-10H2,1-4H3;1H/q+1;/p-1. The van der Waals surface area contributed by atoms with Crippen LogP contribution in [0.25, 0.3) is 5.69 Å². The van der Waals surface area contributed by atoms with Gasteiger partial charge in [0.1, 0.15) is 18.1 Å². The highest BCUT2D eigenvalue weighted by atomic mass is 79.9. The quantitative estimate of drug-likeness (QED) is 0.521. The first-order chi connectivity index (χ1) is 10.1. The van der Waals surface area contributed by atoms with Gasteiger partial charge in [0, 0.05) is 0 Å². The number of hydrogen-bond acceptors (Lipinski definition) is 0. The Morgan fingerprint density at radius 2 is 1.59 bits per heavy atom. The molecule has 2 rings (SSSR count). The molecule has 2 nitrogen and oxygen atoms in total. The maximum atomic E-state index is 2.31. The van der Waals surface area contributed by atoms with E-state index in [1.54, 1.807) is 0 Å². The van der Waals surface area contributed by atoms with E-state index >= 15 is 0 Å². The summed E-state index contributed by atoms with van der Waals surface area (Å²) < 4.78 is 4.57. The third kappa shape index (κ3) is 4.98. The number of unbranched alkanes of at least 4 members (excludes halogenated alkanes) is 4. The predicted octanol–water partition coefficient (Wildman–Crippen LogP) is 1.66. The second-order valence-corrected chi connectivity index (χ2v) is 6.22. The molecule has 0 aliphatic heterocycles. The lowest BCUT2D eigenvalue weighted by molar-refractivity contribution is -0.696. The molecule has 0 unspecified atom stereocenters. The average Bonchev–Trinajstić information content (AvgIpc) is 2.86. The zero-order valence-corrected chi connectivity index (χ0v) is 16.0. The van der Waals surface area contributed by atoms with Crippen LogP contribution in [0.15, 0.2) is 30.9 Å². The highest BCUT2D eigenvalue weighted by Crippen LogP contribution is 2.20. The summed E-state index contributed by atoms with van der Waals surface area (Å²) in [6.07, 6.45) is 13.3. The summed E-state index contributed by atoms with van der Waals surface area (Å²) in [5, 5.41) is 0. The van der Waals surface area contributed by atoms with E-state index in [9.17, 15) is 0 Å². The Hall–Kier alpha value is -1.09. The van der Waals surface area contributed by atoms with E-state index in [4.69, 9.17) is 0 Å². The Morgan fingerprint density at radius 1 is 0.955 bits per heavy atom. The topological polar surface area (TPSA) is 8.81 Å². The maximum absolute atomic E-state index is 2.31. The molecule has 0 fully saturated rings. The molecule has 0 aliphatic carbocycles.